The molecule has 1 fully saturated rings. The average Bonchev–Trinajstić information content (AvgIpc) is 3.17. The fourth-order valence-corrected chi connectivity index (χ4v) is 3.99. The molecule has 0 N–H and O–H groups in total. The maximum absolute atomic E-state index is 13.1. The van der Waals surface area contributed by atoms with E-state index in [2.05, 4.69) is 10.1 Å². The number of piperidine rings is 1. The van der Waals surface area contributed by atoms with Gasteiger partial charge in [-0.25, -0.2) is 0 Å². The van der Waals surface area contributed by atoms with Gasteiger partial charge in [-0.1, -0.05) is 58.2 Å². The molecule has 0 aliphatic carbocycles. The highest BCUT2D eigenvalue weighted by molar-refractivity contribution is 6.35. The number of nitrogens with zero attached hydrogens (tertiary/aromatic N) is 3. The van der Waals surface area contributed by atoms with E-state index in [1.807, 2.05) is 31.2 Å². The molecule has 28 heavy (non-hydrogen) atoms. The Morgan fingerprint density at radius 1 is 1.11 bits per heavy atom. The fourth-order valence-electron chi connectivity index (χ4n) is 3.46. The number of amides is 1. The van der Waals surface area contributed by atoms with Gasteiger partial charge in [0, 0.05) is 27.7 Å². The summed E-state index contributed by atoms with van der Waals surface area (Å²) in [5, 5.41) is 4.99. The lowest BCUT2D eigenvalue weighted by Gasteiger charge is -2.33. The number of carbonyl (C=O) groups excluding carboxylic acids is 1. The van der Waals surface area contributed by atoms with Crippen molar-refractivity contribution in [3.63, 3.8) is 0 Å². The Balaban J connectivity index is 1.62. The van der Waals surface area contributed by atoms with E-state index >= 15 is 0 Å². The Hall–Kier alpha value is -2.37. The first-order chi connectivity index (χ1) is 13.5. The van der Waals surface area contributed by atoms with Crippen LogP contribution in [0, 0.1) is 6.92 Å². The molecule has 2 aromatic carbocycles. The summed E-state index contributed by atoms with van der Waals surface area (Å²) in [5.41, 5.74) is 2.51. The van der Waals surface area contributed by atoms with Crippen molar-refractivity contribution in [3.8, 4) is 11.4 Å². The van der Waals surface area contributed by atoms with E-state index < -0.39 is 0 Å². The number of rotatable bonds is 3. The Kier molecular flexibility index (Phi) is 5.38. The second kappa shape index (κ2) is 7.94. The Bertz CT molecular complexity index is 981. The monoisotopic (exact) mass is 415 g/mol. The molecule has 1 aliphatic heterocycles. The topological polar surface area (TPSA) is 59.2 Å². The molecule has 5 nitrogen and oxygen atoms in total. The number of aryl methyl sites for hydroxylation is 1. The Morgan fingerprint density at radius 3 is 2.54 bits per heavy atom. The molecule has 1 amide bonds. The van der Waals surface area contributed by atoms with Crippen molar-refractivity contribution in [2.75, 3.05) is 6.54 Å². The Morgan fingerprint density at radius 2 is 1.82 bits per heavy atom. The highest BCUT2D eigenvalue weighted by atomic mass is 35.5. The third-order valence-corrected chi connectivity index (χ3v) is 5.35. The van der Waals surface area contributed by atoms with Crippen molar-refractivity contribution in [2.24, 2.45) is 0 Å². The third kappa shape index (κ3) is 3.91. The fraction of sp³-hybridized carbons (Fsp3) is 0.286. The molecular formula is C21H19Cl2N3O2. The number of benzene rings is 2. The van der Waals surface area contributed by atoms with Crippen LogP contribution in [0.3, 0.4) is 0 Å². The van der Waals surface area contributed by atoms with E-state index in [0.717, 1.165) is 30.4 Å². The molecule has 1 unspecified atom stereocenters. The van der Waals surface area contributed by atoms with Gasteiger partial charge in [0.25, 0.3) is 5.91 Å². The lowest BCUT2D eigenvalue weighted by Crippen LogP contribution is -2.38. The number of halogens is 2. The minimum atomic E-state index is -0.259. The van der Waals surface area contributed by atoms with Crippen LogP contribution in [0.5, 0.6) is 0 Å². The maximum atomic E-state index is 13.1. The van der Waals surface area contributed by atoms with Crippen molar-refractivity contribution in [1.82, 2.24) is 15.0 Å². The summed E-state index contributed by atoms with van der Waals surface area (Å²) in [6.45, 7) is 2.65. The molecule has 4 rings (SSSR count). The van der Waals surface area contributed by atoms with Crippen LogP contribution in [-0.4, -0.2) is 27.5 Å². The molecule has 7 heteroatoms. The summed E-state index contributed by atoms with van der Waals surface area (Å²) >= 11 is 12.1. The van der Waals surface area contributed by atoms with E-state index in [9.17, 15) is 4.79 Å². The quantitative estimate of drug-likeness (QED) is 0.548. The number of aromatic nitrogens is 2. The lowest BCUT2D eigenvalue weighted by atomic mass is 10.0. The predicted octanol–water partition coefficient (Wildman–Crippen LogP) is 5.72. The predicted molar refractivity (Wildman–Crippen MR) is 109 cm³/mol. The van der Waals surface area contributed by atoms with Crippen LogP contribution >= 0.6 is 23.2 Å². The molecule has 1 atom stereocenters. The van der Waals surface area contributed by atoms with Gasteiger partial charge in [0.2, 0.25) is 11.7 Å². The van der Waals surface area contributed by atoms with E-state index in [1.165, 1.54) is 0 Å². The van der Waals surface area contributed by atoms with Crippen LogP contribution in [0.1, 0.15) is 47.1 Å². The maximum Gasteiger partial charge on any atom is 0.254 e. The number of carbonyl (C=O) groups is 1. The second-order valence-electron chi connectivity index (χ2n) is 6.99. The summed E-state index contributed by atoms with van der Waals surface area (Å²) in [5.74, 6) is 0.847. The minimum Gasteiger partial charge on any atom is -0.337 e. The van der Waals surface area contributed by atoms with Gasteiger partial charge in [0.1, 0.15) is 6.04 Å². The number of likely N-dealkylation sites (tertiary alicyclic amines) is 1. The smallest absolute Gasteiger partial charge is 0.254 e. The lowest BCUT2D eigenvalue weighted by molar-refractivity contribution is 0.0561. The molecule has 1 saturated heterocycles. The van der Waals surface area contributed by atoms with E-state index in [-0.39, 0.29) is 11.9 Å². The summed E-state index contributed by atoms with van der Waals surface area (Å²) in [6, 6.07) is 12.5. The van der Waals surface area contributed by atoms with E-state index in [1.54, 1.807) is 23.1 Å². The summed E-state index contributed by atoms with van der Waals surface area (Å²) in [4.78, 5) is 19.5. The van der Waals surface area contributed by atoms with Crippen LogP contribution in [0.25, 0.3) is 11.4 Å². The first kappa shape index (κ1) is 19.0. The van der Waals surface area contributed by atoms with Gasteiger partial charge in [-0.3, -0.25) is 4.79 Å². The van der Waals surface area contributed by atoms with Gasteiger partial charge in [-0.15, -0.1) is 0 Å². The summed E-state index contributed by atoms with van der Waals surface area (Å²) in [7, 11) is 0. The van der Waals surface area contributed by atoms with Gasteiger partial charge in [-0.2, -0.15) is 4.98 Å². The first-order valence-electron chi connectivity index (χ1n) is 9.19. The number of hydrogen-bond acceptors (Lipinski definition) is 4. The van der Waals surface area contributed by atoms with Gasteiger partial charge in [-0.05, 0) is 44.4 Å². The van der Waals surface area contributed by atoms with Crippen LogP contribution in [0.4, 0.5) is 0 Å². The second-order valence-corrected chi connectivity index (χ2v) is 7.86. The van der Waals surface area contributed by atoms with Crippen molar-refractivity contribution in [3.05, 3.63) is 69.5 Å². The zero-order valence-corrected chi connectivity index (χ0v) is 16.9. The molecule has 0 bridgehead atoms. The van der Waals surface area contributed by atoms with E-state index in [0.29, 0.717) is 33.9 Å². The van der Waals surface area contributed by atoms with Crippen molar-refractivity contribution in [2.45, 2.75) is 32.2 Å². The van der Waals surface area contributed by atoms with Crippen molar-refractivity contribution >= 4 is 29.1 Å². The van der Waals surface area contributed by atoms with Crippen LogP contribution in [0.2, 0.25) is 10.0 Å². The van der Waals surface area contributed by atoms with Gasteiger partial charge >= 0.3 is 0 Å². The molecule has 3 aromatic rings. The summed E-state index contributed by atoms with van der Waals surface area (Å²) < 4.78 is 5.55. The molecule has 1 aromatic heterocycles. The zero-order valence-electron chi connectivity index (χ0n) is 15.4. The highest BCUT2D eigenvalue weighted by Gasteiger charge is 2.33. The average molecular weight is 416 g/mol. The normalized spacial score (nSPS) is 17.0. The molecule has 0 spiro atoms. The van der Waals surface area contributed by atoms with Crippen LogP contribution in [-0.2, 0) is 0 Å². The van der Waals surface area contributed by atoms with Gasteiger partial charge in [0.15, 0.2) is 0 Å². The summed E-state index contributed by atoms with van der Waals surface area (Å²) in [6.07, 6.45) is 2.69. The van der Waals surface area contributed by atoms with Gasteiger partial charge in [0.05, 0.1) is 0 Å². The van der Waals surface area contributed by atoms with Gasteiger partial charge < -0.3 is 9.42 Å². The van der Waals surface area contributed by atoms with E-state index in [4.69, 9.17) is 27.7 Å². The van der Waals surface area contributed by atoms with Crippen LogP contribution in [0.15, 0.2) is 47.0 Å². The molecule has 0 radical (unpaired) electrons. The molecular weight excluding hydrogens is 397 g/mol. The molecule has 144 valence electrons. The Labute approximate surface area is 173 Å². The number of hydrogen-bond donors (Lipinski definition) is 0. The largest absolute Gasteiger partial charge is 0.337 e. The van der Waals surface area contributed by atoms with Crippen molar-refractivity contribution in [1.29, 1.82) is 0 Å². The zero-order chi connectivity index (χ0) is 19.7. The van der Waals surface area contributed by atoms with Crippen LogP contribution < -0.4 is 0 Å². The highest BCUT2D eigenvalue weighted by Crippen LogP contribution is 2.33. The molecule has 1 aliphatic rings. The molecule has 0 saturated carbocycles. The first-order valence-corrected chi connectivity index (χ1v) is 9.94. The minimum absolute atomic E-state index is 0.135. The van der Waals surface area contributed by atoms with Crippen molar-refractivity contribution < 1.29 is 9.32 Å². The third-order valence-electron chi connectivity index (χ3n) is 4.91. The standard InChI is InChI=1S/C21H19Cl2N3O2/c1-13-5-7-14(8-6-13)19-24-20(28-25-19)18-4-2-3-9-26(18)21(27)15-10-16(22)12-17(23)11-15/h5-8,10-12,18H,2-4,9H2,1H3. The SMILES string of the molecule is Cc1ccc(-c2noc(C3CCCCN3C(=O)c3cc(Cl)cc(Cl)c3)n2)cc1. The molecule has 2 heterocycles.